The topological polar surface area (TPSA) is 64.0 Å². The van der Waals surface area contributed by atoms with Gasteiger partial charge < -0.3 is 15.0 Å². The maximum atomic E-state index is 9.20. The zero-order chi connectivity index (χ0) is 14.1. The molecule has 0 atom stereocenters. The molecule has 104 valence electrons. The molecular weight excluding hydrogens is 250 g/mol. The van der Waals surface area contributed by atoms with Gasteiger partial charge in [0.2, 0.25) is 0 Å². The van der Waals surface area contributed by atoms with Crippen LogP contribution in [0, 0.1) is 11.3 Å². The van der Waals surface area contributed by atoms with Crippen molar-refractivity contribution in [2.75, 3.05) is 0 Å². The lowest BCUT2D eigenvalue weighted by atomic mass is 9.93. The van der Waals surface area contributed by atoms with E-state index in [0.29, 0.717) is 11.6 Å². The molecule has 4 heteroatoms. The van der Waals surface area contributed by atoms with Crippen LogP contribution < -0.4 is 10.5 Å². The van der Waals surface area contributed by atoms with Crippen molar-refractivity contribution in [3.63, 3.8) is 0 Å². The minimum atomic E-state index is 0.242. The summed E-state index contributed by atoms with van der Waals surface area (Å²) < 4.78 is 8.12. The zero-order valence-corrected chi connectivity index (χ0v) is 11.7. The minimum Gasteiger partial charge on any atom is -0.490 e. The highest BCUT2D eigenvalue weighted by molar-refractivity contribution is 5.90. The highest BCUT2D eigenvalue weighted by Gasteiger charge is 2.21. The summed E-state index contributed by atoms with van der Waals surface area (Å²) in [6.45, 7) is 0. The number of fused-ring (bicyclic) bond motifs is 1. The molecule has 2 aromatic rings. The van der Waals surface area contributed by atoms with E-state index in [0.717, 1.165) is 42.3 Å². The summed E-state index contributed by atoms with van der Waals surface area (Å²) in [4.78, 5) is 0. The molecule has 1 aliphatic rings. The summed E-state index contributed by atoms with van der Waals surface area (Å²) in [5.41, 5.74) is 7.55. The third kappa shape index (κ3) is 2.25. The molecule has 1 aliphatic carbocycles. The van der Waals surface area contributed by atoms with Crippen molar-refractivity contribution in [2.45, 2.75) is 37.8 Å². The van der Waals surface area contributed by atoms with Crippen molar-refractivity contribution in [2.24, 2.45) is 12.8 Å². The molecule has 0 aliphatic heterocycles. The molecule has 0 saturated heterocycles. The number of benzene rings is 1. The summed E-state index contributed by atoms with van der Waals surface area (Å²) >= 11 is 0. The predicted molar refractivity (Wildman–Crippen MR) is 78.5 cm³/mol. The van der Waals surface area contributed by atoms with Gasteiger partial charge in [-0.05, 0) is 43.9 Å². The van der Waals surface area contributed by atoms with Gasteiger partial charge in [-0.25, -0.2) is 0 Å². The first-order valence-electron chi connectivity index (χ1n) is 7.09. The second kappa shape index (κ2) is 5.18. The minimum absolute atomic E-state index is 0.242. The Kier molecular flexibility index (Phi) is 3.37. The summed E-state index contributed by atoms with van der Waals surface area (Å²) in [5, 5.41) is 10.2. The molecule has 1 saturated carbocycles. The Balaban J connectivity index is 1.91. The van der Waals surface area contributed by atoms with E-state index in [9.17, 15) is 5.26 Å². The highest BCUT2D eigenvalue weighted by atomic mass is 16.5. The van der Waals surface area contributed by atoms with E-state index >= 15 is 0 Å². The van der Waals surface area contributed by atoms with Crippen LogP contribution in [-0.4, -0.2) is 16.7 Å². The smallest absolute Gasteiger partial charge is 0.129 e. The fraction of sp³-hybridized carbons (Fsp3) is 0.438. The Morgan fingerprint density at radius 1 is 1.25 bits per heavy atom. The van der Waals surface area contributed by atoms with Crippen LogP contribution in [0.4, 0.5) is 0 Å². The van der Waals surface area contributed by atoms with Crippen LogP contribution in [0.25, 0.3) is 10.9 Å². The van der Waals surface area contributed by atoms with Crippen molar-refractivity contribution < 1.29 is 4.74 Å². The molecule has 0 amide bonds. The summed E-state index contributed by atoms with van der Waals surface area (Å²) in [7, 11) is 1.95. The fourth-order valence-corrected chi connectivity index (χ4v) is 2.97. The Labute approximate surface area is 118 Å². The van der Waals surface area contributed by atoms with Crippen LogP contribution in [0.1, 0.15) is 31.2 Å². The molecule has 2 N–H and O–H groups in total. The Morgan fingerprint density at radius 2 is 2.00 bits per heavy atom. The van der Waals surface area contributed by atoms with E-state index in [1.807, 2.05) is 36.0 Å². The van der Waals surface area contributed by atoms with Gasteiger partial charge in [0.25, 0.3) is 0 Å². The summed E-state index contributed by atoms with van der Waals surface area (Å²) in [6, 6.07) is 8.33. The van der Waals surface area contributed by atoms with Gasteiger partial charge in [-0.3, -0.25) is 0 Å². The van der Waals surface area contributed by atoms with Crippen molar-refractivity contribution >= 4 is 10.9 Å². The SMILES string of the molecule is Cn1ccc2c(OC3CCC(N)CC3)ccc(C#N)c21. The second-order valence-corrected chi connectivity index (χ2v) is 5.57. The molecule has 3 rings (SSSR count). The Hall–Kier alpha value is -1.99. The quantitative estimate of drug-likeness (QED) is 0.911. The molecule has 0 spiro atoms. The zero-order valence-electron chi connectivity index (χ0n) is 11.7. The number of hydrogen-bond acceptors (Lipinski definition) is 3. The first kappa shape index (κ1) is 13.0. The first-order chi connectivity index (χ1) is 9.69. The molecule has 1 aromatic heterocycles. The van der Waals surface area contributed by atoms with Gasteiger partial charge >= 0.3 is 0 Å². The maximum Gasteiger partial charge on any atom is 0.129 e. The van der Waals surface area contributed by atoms with Crippen LogP contribution in [0.15, 0.2) is 24.4 Å². The van der Waals surface area contributed by atoms with Gasteiger partial charge in [-0.15, -0.1) is 0 Å². The van der Waals surface area contributed by atoms with E-state index in [1.165, 1.54) is 0 Å². The van der Waals surface area contributed by atoms with E-state index in [-0.39, 0.29) is 6.10 Å². The molecule has 1 fully saturated rings. The monoisotopic (exact) mass is 269 g/mol. The normalized spacial score (nSPS) is 22.6. The summed E-state index contributed by atoms with van der Waals surface area (Å²) in [6.07, 6.45) is 6.28. The first-order valence-corrected chi connectivity index (χ1v) is 7.09. The third-order valence-electron chi connectivity index (χ3n) is 4.13. The van der Waals surface area contributed by atoms with Gasteiger partial charge in [-0.2, -0.15) is 5.26 Å². The van der Waals surface area contributed by atoms with E-state index < -0.39 is 0 Å². The van der Waals surface area contributed by atoms with Crippen LogP contribution in [0.3, 0.4) is 0 Å². The number of ether oxygens (including phenoxy) is 1. The van der Waals surface area contributed by atoms with Gasteiger partial charge in [0.1, 0.15) is 11.8 Å². The van der Waals surface area contributed by atoms with Crippen LogP contribution >= 0.6 is 0 Å². The van der Waals surface area contributed by atoms with Crippen LogP contribution in [-0.2, 0) is 7.05 Å². The molecule has 0 bridgehead atoms. The number of aromatic nitrogens is 1. The van der Waals surface area contributed by atoms with E-state index in [2.05, 4.69) is 6.07 Å². The molecule has 0 unspecified atom stereocenters. The van der Waals surface area contributed by atoms with Crippen LogP contribution in [0.2, 0.25) is 0 Å². The van der Waals surface area contributed by atoms with Crippen molar-refractivity contribution in [3.05, 3.63) is 30.0 Å². The van der Waals surface area contributed by atoms with Gasteiger partial charge in [0.05, 0.1) is 17.2 Å². The number of rotatable bonds is 2. The van der Waals surface area contributed by atoms with Crippen molar-refractivity contribution in [1.29, 1.82) is 5.26 Å². The number of nitriles is 1. The van der Waals surface area contributed by atoms with Crippen molar-refractivity contribution in [1.82, 2.24) is 4.57 Å². The highest BCUT2D eigenvalue weighted by Crippen LogP contribution is 2.31. The standard InChI is InChI=1S/C16H19N3O/c1-19-9-8-14-15(7-2-11(10-17)16(14)19)20-13-5-3-12(18)4-6-13/h2,7-9,12-13H,3-6,18H2,1H3. The average molecular weight is 269 g/mol. The lowest BCUT2D eigenvalue weighted by Gasteiger charge is -2.27. The molecule has 1 aromatic carbocycles. The van der Waals surface area contributed by atoms with Crippen molar-refractivity contribution in [3.8, 4) is 11.8 Å². The lowest BCUT2D eigenvalue weighted by Crippen LogP contribution is -2.31. The number of nitrogens with two attached hydrogens (primary N) is 1. The predicted octanol–water partition coefficient (Wildman–Crippen LogP) is 2.70. The number of aryl methyl sites for hydroxylation is 1. The van der Waals surface area contributed by atoms with Gasteiger partial charge in [-0.1, -0.05) is 0 Å². The van der Waals surface area contributed by atoms with Gasteiger partial charge in [0, 0.05) is 24.7 Å². The number of hydrogen-bond donors (Lipinski definition) is 1. The maximum absolute atomic E-state index is 9.20. The van der Waals surface area contributed by atoms with E-state index in [1.54, 1.807) is 0 Å². The second-order valence-electron chi connectivity index (χ2n) is 5.57. The largest absolute Gasteiger partial charge is 0.490 e. The molecule has 4 nitrogen and oxygen atoms in total. The summed E-state index contributed by atoms with van der Waals surface area (Å²) in [5.74, 6) is 0.875. The van der Waals surface area contributed by atoms with E-state index in [4.69, 9.17) is 10.5 Å². The molecule has 0 radical (unpaired) electrons. The molecular formula is C16H19N3O. The lowest BCUT2D eigenvalue weighted by molar-refractivity contribution is 0.149. The average Bonchev–Trinajstić information content (AvgIpc) is 2.85. The van der Waals surface area contributed by atoms with Gasteiger partial charge in [0.15, 0.2) is 0 Å². The third-order valence-corrected chi connectivity index (χ3v) is 4.13. The number of nitrogens with zero attached hydrogens (tertiary/aromatic N) is 2. The Bertz CT molecular complexity index is 660. The molecule has 20 heavy (non-hydrogen) atoms. The fourth-order valence-electron chi connectivity index (χ4n) is 2.97. The Morgan fingerprint density at radius 3 is 2.70 bits per heavy atom. The van der Waals surface area contributed by atoms with Crippen LogP contribution in [0.5, 0.6) is 5.75 Å². The molecule has 1 heterocycles.